The Morgan fingerprint density at radius 1 is 1.21 bits per heavy atom. The van der Waals surface area contributed by atoms with Crippen LogP contribution in [0.2, 0.25) is 0 Å². The normalized spacial score (nSPS) is 24.5. The maximum Gasteiger partial charge on any atom is 0.534 e. The third kappa shape index (κ3) is 4.65. The highest BCUT2D eigenvalue weighted by molar-refractivity contribution is 7.87. The van der Waals surface area contributed by atoms with Crippen molar-refractivity contribution in [3.05, 3.63) is 47.4 Å². The molecular formula is C17H17F3O8S. The van der Waals surface area contributed by atoms with Crippen molar-refractivity contribution in [2.45, 2.75) is 44.0 Å². The van der Waals surface area contributed by atoms with E-state index in [1.807, 2.05) is 0 Å². The lowest BCUT2D eigenvalue weighted by Gasteiger charge is -2.22. The van der Waals surface area contributed by atoms with Gasteiger partial charge < -0.3 is 23.1 Å². The Hall–Kier alpha value is -2.31. The van der Waals surface area contributed by atoms with Gasteiger partial charge in [0.2, 0.25) is 0 Å². The summed E-state index contributed by atoms with van der Waals surface area (Å²) in [5.41, 5.74) is -5.13. The smallest absolute Gasteiger partial charge is 0.485 e. The molecule has 1 aromatic rings. The van der Waals surface area contributed by atoms with Gasteiger partial charge in [-0.25, -0.2) is 4.79 Å². The first kappa shape index (κ1) is 21.4. The maximum absolute atomic E-state index is 12.7. The van der Waals surface area contributed by atoms with Crippen LogP contribution in [0.4, 0.5) is 13.2 Å². The van der Waals surface area contributed by atoms with Crippen LogP contribution in [-0.2, 0) is 44.7 Å². The number of esters is 1. The molecule has 1 aromatic carbocycles. The zero-order valence-electron chi connectivity index (χ0n) is 15.3. The van der Waals surface area contributed by atoms with E-state index in [-0.39, 0.29) is 13.2 Å². The van der Waals surface area contributed by atoms with Crippen LogP contribution in [0.3, 0.4) is 0 Å². The second kappa shape index (κ2) is 7.50. The molecule has 0 bridgehead atoms. The van der Waals surface area contributed by atoms with Crippen LogP contribution in [0.15, 0.2) is 41.9 Å². The Morgan fingerprint density at radius 2 is 1.86 bits per heavy atom. The molecule has 2 unspecified atom stereocenters. The average molecular weight is 438 g/mol. The van der Waals surface area contributed by atoms with Gasteiger partial charge in [-0.3, -0.25) is 0 Å². The molecule has 2 atom stereocenters. The van der Waals surface area contributed by atoms with E-state index in [0.29, 0.717) is 5.56 Å². The summed E-state index contributed by atoms with van der Waals surface area (Å²) in [5, 5.41) is 0. The molecule has 29 heavy (non-hydrogen) atoms. The molecule has 0 amide bonds. The van der Waals surface area contributed by atoms with E-state index in [1.165, 1.54) is 0 Å². The summed E-state index contributed by atoms with van der Waals surface area (Å²) in [4.78, 5) is 12.1. The monoisotopic (exact) mass is 438 g/mol. The van der Waals surface area contributed by atoms with Crippen LogP contribution in [0, 0.1) is 0 Å². The molecule has 0 aliphatic carbocycles. The highest BCUT2D eigenvalue weighted by Crippen LogP contribution is 2.37. The minimum atomic E-state index is -6.11. The molecule has 2 aliphatic heterocycles. The quantitative estimate of drug-likeness (QED) is 0.379. The molecule has 8 nitrogen and oxygen atoms in total. The number of cyclic esters (lactones) is 1. The van der Waals surface area contributed by atoms with Crippen molar-refractivity contribution in [2.75, 3.05) is 6.61 Å². The molecule has 3 rings (SSSR count). The third-order valence-electron chi connectivity index (χ3n) is 3.98. The van der Waals surface area contributed by atoms with Gasteiger partial charge in [0.05, 0.1) is 6.61 Å². The van der Waals surface area contributed by atoms with Crippen molar-refractivity contribution in [3.63, 3.8) is 0 Å². The third-order valence-corrected chi connectivity index (χ3v) is 4.94. The summed E-state index contributed by atoms with van der Waals surface area (Å²) >= 11 is 0. The number of alkyl halides is 3. The van der Waals surface area contributed by atoms with Gasteiger partial charge in [0.1, 0.15) is 12.7 Å². The largest absolute Gasteiger partial charge is 0.534 e. The minimum Gasteiger partial charge on any atom is -0.485 e. The van der Waals surface area contributed by atoms with E-state index < -0.39 is 51.1 Å². The highest BCUT2D eigenvalue weighted by Gasteiger charge is 2.54. The Bertz CT molecular complexity index is 908. The lowest BCUT2D eigenvalue weighted by molar-refractivity contribution is -0.163. The predicted octanol–water partition coefficient (Wildman–Crippen LogP) is 2.36. The fourth-order valence-corrected chi connectivity index (χ4v) is 3.14. The van der Waals surface area contributed by atoms with Gasteiger partial charge in [-0.1, -0.05) is 30.3 Å². The van der Waals surface area contributed by atoms with Gasteiger partial charge in [0.25, 0.3) is 5.76 Å². The van der Waals surface area contributed by atoms with E-state index in [9.17, 15) is 26.4 Å². The number of carbonyl (C=O) groups excluding carboxylic acids is 1. The second-order valence-corrected chi connectivity index (χ2v) is 8.18. The number of benzene rings is 1. The Morgan fingerprint density at radius 3 is 2.41 bits per heavy atom. The van der Waals surface area contributed by atoms with Crippen molar-refractivity contribution in [3.8, 4) is 0 Å². The van der Waals surface area contributed by atoms with Gasteiger partial charge in [-0.2, -0.15) is 21.6 Å². The first-order valence-electron chi connectivity index (χ1n) is 8.34. The van der Waals surface area contributed by atoms with Gasteiger partial charge in [0.15, 0.2) is 17.7 Å². The van der Waals surface area contributed by atoms with Gasteiger partial charge in [0, 0.05) is 0 Å². The van der Waals surface area contributed by atoms with Gasteiger partial charge >= 0.3 is 21.6 Å². The van der Waals surface area contributed by atoms with Gasteiger partial charge in [-0.05, 0) is 19.4 Å². The first-order valence-corrected chi connectivity index (χ1v) is 9.75. The molecule has 160 valence electrons. The van der Waals surface area contributed by atoms with Crippen molar-refractivity contribution in [2.24, 2.45) is 0 Å². The molecule has 0 N–H and O–H groups in total. The van der Waals surface area contributed by atoms with Gasteiger partial charge in [-0.15, -0.1) is 0 Å². The second-order valence-electron chi connectivity index (χ2n) is 6.64. The van der Waals surface area contributed by atoms with Crippen LogP contribution in [-0.4, -0.2) is 44.5 Å². The molecule has 0 aromatic heterocycles. The van der Waals surface area contributed by atoms with Crippen LogP contribution >= 0.6 is 0 Å². The van der Waals surface area contributed by atoms with Crippen molar-refractivity contribution < 1.29 is 49.5 Å². The highest BCUT2D eigenvalue weighted by atomic mass is 32.2. The summed E-state index contributed by atoms with van der Waals surface area (Å²) in [6.07, 6.45) is -2.28. The van der Waals surface area contributed by atoms with Crippen LogP contribution in [0.5, 0.6) is 0 Å². The van der Waals surface area contributed by atoms with E-state index >= 15 is 0 Å². The summed E-state index contributed by atoms with van der Waals surface area (Å²) < 4.78 is 86.4. The topological polar surface area (TPSA) is 97.4 Å². The molecule has 0 spiro atoms. The lowest BCUT2D eigenvalue weighted by atomic mass is 10.1. The first-order chi connectivity index (χ1) is 13.4. The number of carbonyl (C=O) groups is 1. The molecule has 1 saturated heterocycles. The summed E-state index contributed by atoms with van der Waals surface area (Å²) in [5.74, 6) is -4.17. The molecule has 0 saturated carbocycles. The molecule has 2 heterocycles. The van der Waals surface area contributed by atoms with E-state index in [0.717, 1.165) is 0 Å². The van der Waals surface area contributed by atoms with Crippen LogP contribution in [0.25, 0.3) is 0 Å². The number of rotatable bonds is 6. The number of hydrogen-bond acceptors (Lipinski definition) is 8. The number of hydrogen-bond donors (Lipinski definition) is 0. The standard InChI is InChI=1S/C17H17F3O8S/c1-16(2)25-9-11(27-16)12-13(24-8-10-6-4-3-5-7-10)14(15(21)26-12)28-29(22,23)17(18,19)20/h3-7,11-12H,8-9H2,1-2H3. The molecular weight excluding hydrogens is 421 g/mol. The van der Waals surface area contributed by atoms with E-state index in [4.69, 9.17) is 18.9 Å². The van der Waals surface area contributed by atoms with Crippen LogP contribution < -0.4 is 0 Å². The Balaban J connectivity index is 1.92. The Kier molecular flexibility index (Phi) is 5.54. The molecule has 0 radical (unpaired) electrons. The van der Waals surface area contributed by atoms with Crippen molar-refractivity contribution in [1.29, 1.82) is 0 Å². The maximum atomic E-state index is 12.7. The minimum absolute atomic E-state index is 0.0670. The Labute approximate surface area is 164 Å². The fourth-order valence-electron chi connectivity index (χ4n) is 2.68. The summed E-state index contributed by atoms with van der Waals surface area (Å²) in [7, 11) is -6.11. The average Bonchev–Trinajstić information content (AvgIpc) is 3.12. The zero-order valence-corrected chi connectivity index (χ0v) is 16.1. The van der Waals surface area contributed by atoms with E-state index in [2.05, 4.69) is 4.18 Å². The summed E-state index contributed by atoms with van der Waals surface area (Å²) in [6, 6.07) is 8.46. The SMILES string of the molecule is CC1(C)OCC(C2OC(=O)C(OS(=O)(=O)C(F)(F)F)=C2OCc2ccccc2)O1. The zero-order chi connectivity index (χ0) is 21.4. The van der Waals surface area contributed by atoms with Crippen molar-refractivity contribution >= 4 is 16.1 Å². The van der Waals surface area contributed by atoms with Crippen molar-refractivity contribution in [1.82, 2.24) is 0 Å². The molecule has 12 heteroatoms. The van der Waals surface area contributed by atoms with Crippen LogP contribution in [0.1, 0.15) is 19.4 Å². The predicted molar refractivity (Wildman–Crippen MR) is 89.1 cm³/mol. The summed E-state index contributed by atoms with van der Waals surface area (Å²) in [6.45, 7) is 2.93. The molecule has 2 aliphatic rings. The fraction of sp³-hybridized carbons (Fsp3) is 0.471. The lowest BCUT2D eigenvalue weighted by Crippen LogP contribution is -2.33. The number of ether oxygens (including phenoxy) is 4. The van der Waals surface area contributed by atoms with E-state index in [1.54, 1.807) is 44.2 Å². The number of halogens is 3. The molecule has 1 fully saturated rings.